The molecule has 2 amide bonds. The molecule has 1 aromatic heterocycles. The van der Waals surface area contributed by atoms with Crippen LogP contribution < -0.4 is 15.4 Å². The Labute approximate surface area is 182 Å². The van der Waals surface area contributed by atoms with Crippen molar-refractivity contribution in [2.24, 2.45) is 0 Å². The number of thiazole rings is 1. The topological polar surface area (TPSA) is 117 Å². The number of rotatable bonds is 8. The molecule has 0 aliphatic rings. The average molecular weight is 463 g/mol. The van der Waals surface area contributed by atoms with Crippen LogP contribution in [0.3, 0.4) is 0 Å². The molecule has 0 radical (unpaired) electrons. The van der Waals surface area contributed by atoms with Gasteiger partial charge in [-0.1, -0.05) is 24.3 Å². The van der Waals surface area contributed by atoms with Crippen LogP contribution in [0.15, 0.2) is 58.8 Å². The number of amides is 2. The zero-order valence-corrected chi connectivity index (χ0v) is 18.0. The quantitative estimate of drug-likeness (QED) is 0.475. The molecule has 0 bridgehead atoms. The van der Waals surface area contributed by atoms with Crippen LogP contribution in [0.1, 0.15) is 13.3 Å². The Balaban J connectivity index is 1.53. The lowest BCUT2D eigenvalue weighted by atomic mass is 10.1. The molecule has 3 N–H and O–H groups in total. The second kappa shape index (κ2) is 9.77. The number of benzene rings is 2. The van der Waals surface area contributed by atoms with Crippen LogP contribution in [0.5, 0.6) is 0 Å². The Bertz CT molecular complexity index is 1190. The summed E-state index contributed by atoms with van der Waals surface area (Å²) in [5, 5.41) is 7.42. The number of hydrogen-bond donors (Lipinski definition) is 3. The van der Waals surface area contributed by atoms with E-state index in [4.69, 9.17) is 0 Å². The molecule has 0 saturated heterocycles. The minimum absolute atomic E-state index is 0.145. The highest BCUT2D eigenvalue weighted by Gasteiger charge is 2.18. The van der Waals surface area contributed by atoms with Crippen LogP contribution in [0.2, 0.25) is 0 Å². The zero-order valence-electron chi connectivity index (χ0n) is 16.4. The van der Waals surface area contributed by atoms with E-state index in [9.17, 15) is 22.4 Å². The van der Waals surface area contributed by atoms with Gasteiger partial charge in [-0.25, -0.2) is 22.5 Å². The lowest BCUT2D eigenvalue weighted by molar-refractivity contribution is -0.116. The summed E-state index contributed by atoms with van der Waals surface area (Å²) in [7, 11) is -4.05. The first-order chi connectivity index (χ1) is 14.7. The maximum Gasteiger partial charge on any atom is 0.243 e. The first-order valence-corrected chi connectivity index (χ1v) is 11.5. The molecule has 8 nitrogen and oxygen atoms in total. The van der Waals surface area contributed by atoms with Crippen molar-refractivity contribution in [3.63, 3.8) is 0 Å². The van der Waals surface area contributed by atoms with Gasteiger partial charge in [0.25, 0.3) is 0 Å². The van der Waals surface area contributed by atoms with Gasteiger partial charge >= 0.3 is 0 Å². The van der Waals surface area contributed by atoms with E-state index in [-0.39, 0.29) is 18.9 Å². The van der Waals surface area contributed by atoms with Crippen molar-refractivity contribution >= 4 is 44.0 Å². The summed E-state index contributed by atoms with van der Waals surface area (Å²) >= 11 is 1.22. The van der Waals surface area contributed by atoms with Gasteiger partial charge in [0.2, 0.25) is 21.8 Å². The van der Waals surface area contributed by atoms with Crippen LogP contribution in [0.25, 0.3) is 11.3 Å². The van der Waals surface area contributed by atoms with Crippen molar-refractivity contribution in [2.75, 3.05) is 17.2 Å². The highest BCUT2D eigenvalue weighted by atomic mass is 32.2. The summed E-state index contributed by atoms with van der Waals surface area (Å²) in [4.78, 5) is 27.0. The second-order valence-corrected chi connectivity index (χ2v) is 9.02. The van der Waals surface area contributed by atoms with Gasteiger partial charge in [-0.15, -0.1) is 11.3 Å². The number of halogens is 1. The van der Waals surface area contributed by atoms with Gasteiger partial charge in [-0.05, 0) is 24.3 Å². The zero-order chi connectivity index (χ0) is 22.4. The Hall–Kier alpha value is -3.15. The second-order valence-electron chi connectivity index (χ2n) is 6.42. The normalized spacial score (nSPS) is 11.2. The van der Waals surface area contributed by atoms with E-state index >= 15 is 0 Å². The molecule has 1 heterocycles. The lowest BCUT2D eigenvalue weighted by Gasteiger charge is -2.07. The van der Waals surface area contributed by atoms with Gasteiger partial charge in [0.1, 0.15) is 10.7 Å². The Kier molecular flexibility index (Phi) is 7.10. The van der Waals surface area contributed by atoms with Crippen LogP contribution in [-0.2, 0) is 19.6 Å². The summed E-state index contributed by atoms with van der Waals surface area (Å²) in [6.45, 7) is 1.24. The van der Waals surface area contributed by atoms with Gasteiger partial charge in [-0.3, -0.25) is 9.59 Å². The largest absolute Gasteiger partial charge is 0.326 e. The van der Waals surface area contributed by atoms with E-state index in [1.54, 1.807) is 29.6 Å². The highest BCUT2D eigenvalue weighted by Crippen LogP contribution is 2.26. The monoisotopic (exact) mass is 462 g/mol. The standard InChI is InChI=1S/C20H19FN4O4S2/c1-13(26)23-15-8-6-14(7-9-15)17-12-30-20(24-17)25-19(27)10-11-22-31(28,29)18-5-3-2-4-16(18)21/h2-9,12,22H,10-11H2,1H3,(H,23,26)(H,24,25,27). The number of nitrogens with one attached hydrogen (secondary N) is 3. The van der Waals surface area contributed by atoms with Gasteiger partial charge in [0, 0.05) is 36.5 Å². The van der Waals surface area contributed by atoms with Gasteiger partial charge in [0.15, 0.2) is 5.13 Å². The summed E-state index contributed by atoms with van der Waals surface area (Å²) < 4.78 is 40.1. The number of carbonyl (C=O) groups is 2. The Morgan fingerprint density at radius 2 is 1.77 bits per heavy atom. The van der Waals surface area contributed by atoms with Crippen LogP contribution >= 0.6 is 11.3 Å². The smallest absolute Gasteiger partial charge is 0.243 e. The lowest BCUT2D eigenvalue weighted by Crippen LogP contribution is -2.28. The molecule has 11 heteroatoms. The molecule has 0 saturated carbocycles. The van der Waals surface area contributed by atoms with Crippen LogP contribution in [0, 0.1) is 5.82 Å². The first kappa shape index (κ1) is 22.5. The minimum atomic E-state index is -4.05. The molecule has 0 spiro atoms. The fraction of sp³-hybridized carbons (Fsp3) is 0.150. The molecular weight excluding hydrogens is 443 g/mol. The number of anilines is 2. The fourth-order valence-electron chi connectivity index (χ4n) is 2.61. The molecular formula is C20H19FN4O4S2. The van der Waals surface area contributed by atoms with E-state index in [0.29, 0.717) is 16.5 Å². The van der Waals surface area contributed by atoms with Crippen molar-refractivity contribution in [1.82, 2.24) is 9.71 Å². The van der Waals surface area contributed by atoms with E-state index in [2.05, 4.69) is 20.3 Å². The number of nitrogens with zero attached hydrogens (tertiary/aromatic N) is 1. The third-order valence-corrected chi connectivity index (χ3v) is 6.27. The molecule has 3 rings (SSSR count). The molecule has 0 aliphatic heterocycles. The average Bonchev–Trinajstić information content (AvgIpc) is 3.16. The molecule has 2 aromatic carbocycles. The summed E-state index contributed by atoms with van der Waals surface area (Å²) in [5.41, 5.74) is 2.12. The maximum atomic E-state index is 13.7. The summed E-state index contributed by atoms with van der Waals surface area (Å²) in [6, 6.07) is 12.1. The SMILES string of the molecule is CC(=O)Nc1ccc(-c2csc(NC(=O)CCNS(=O)(=O)c3ccccc3F)n2)cc1. The van der Waals surface area contributed by atoms with Crippen molar-refractivity contribution in [3.8, 4) is 11.3 Å². The maximum absolute atomic E-state index is 13.7. The molecule has 31 heavy (non-hydrogen) atoms. The predicted octanol–water partition coefficient (Wildman–Crippen LogP) is 3.21. The molecule has 0 unspecified atom stereocenters. The van der Waals surface area contributed by atoms with Crippen molar-refractivity contribution < 1.29 is 22.4 Å². The molecule has 0 aliphatic carbocycles. The minimum Gasteiger partial charge on any atom is -0.326 e. The summed E-state index contributed by atoms with van der Waals surface area (Å²) in [6.07, 6.45) is -0.145. The van der Waals surface area contributed by atoms with E-state index < -0.39 is 26.6 Å². The molecule has 162 valence electrons. The van der Waals surface area contributed by atoms with E-state index in [1.165, 1.54) is 30.4 Å². The number of hydrogen-bond acceptors (Lipinski definition) is 6. The first-order valence-electron chi connectivity index (χ1n) is 9.12. The third-order valence-electron chi connectivity index (χ3n) is 4.02. The van der Waals surface area contributed by atoms with E-state index in [0.717, 1.165) is 17.7 Å². The van der Waals surface area contributed by atoms with Crippen molar-refractivity contribution in [2.45, 2.75) is 18.2 Å². The Morgan fingerprint density at radius 3 is 2.45 bits per heavy atom. The fourth-order valence-corrected chi connectivity index (χ4v) is 4.46. The Morgan fingerprint density at radius 1 is 1.06 bits per heavy atom. The van der Waals surface area contributed by atoms with Gasteiger partial charge in [-0.2, -0.15) is 0 Å². The summed E-state index contributed by atoms with van der Waals surface area (Å²) in [5.74, 6) is -1.46. The molecule has 0 atom stereocenters. The van der Waals surface area contributed by atoms with Gasteiger partial charge in [0.05, 0.1) is 5.69 Å². The van der Waals surface area contributed by atoms with Crippen molar-refractivity contribution in [3.05, 3.63) is 59.7 Å². The number of aromatic nitrogens is 1. The van der Waals surface area contributed by atoms with Crippen LogP contribution in [-0.4, -0.2) is 31.8 Å². The van der Waals surface area contributed by atoms with E-state index in [1.807, 2.05) is 0 Å². The highest BCUT2D eigenvalue weighted by molar-refractivity contribution is 7.89. The predicted molar refractivity (Wildman–Crippen MR) is 117 cm³/mol. The number of sulfonamides is 1. The van der Waals surface area contributed by atoms with Gasteiger partial charge < -0.3 is 10.6 Å². The van der Waals surface area contributed by atoms with Crippen molar-refractivity contribution in [1.29, 1.82) is 0 Å². The molecule has 3 aromatic rings. The molecule has 0 fully saturated rings. The third kappa shape index (κ3) is 6.17. The van der Waals surface area contributed by atoms with Crippen LogP contribution in [0.4, 0.5) is 15.2 Å². The number of carbonyl (C=O) groups excluding carboxylic acids is 2.